The van der Waals surface area contributed by atoms with E-state index in [0.717, 1.165) is 30.9 Å². The van der Waals surface area contributed by atoms with Gasteiger partial charge < -0.3 is 9.64 Å². The highest BCUT2D eigenvalue weighted by atomic mass is 32.1. The first-order valence-corrected chi connectivity index (χ1v) is 7.42. The molecule has 6 heteroatoms. The molecule has 1 saturated heterocycles. The minimum absolute atomic E-state index is 0.176. The number of amides is 1. The predicted octanol–water partition coefficient (Wildman–Crippen LogP) is 0.764. The molecule has 1 aromatic heterocycles. The molecule has 19 heavy (non-hydrogen) atoms. The molecule has 1 aliphatic heterocycles. The Morgan fingerprint density at radius 2 is 2.16 bits per heavy atom. The van der Waals surface area contributed by atoms with Crippen LogP contribution in [-0.4, -0.2) is 36.5 Å². The summed E-state index contributed by atoms with van der Waals surface area (Å²) in [6.45, 7) is 3.92. The van der Waals surface area contributed by atoms with Crippen molar-refractivity contribution in [2.24, 2.45) is 0 Å². The Kier molecular flexibility index (Phi) is 4.90. The molecule has 0 atom stereocenters. The number of aromatic nitrogens is 1. The summed E-state index contributed by atoms with van der Waals surface area (Å²) in [7, 11) is 0. The summed E-state index contributed by atoms with van der Waals surface area (Å²) in [5.74, 6) is -0.0918. The van der Waals surface area contributed by atoms with Gasteiger partial charge in [0.2, 0.25) is 11.6 Å². The second-order valence-corrected chi connectivity index (χ2v) is 5.58. The largest absolute Gasteiger partial charge is 0.465 e. The minimum atomic E-state index is -0.267. The number of ether oxygens (including phenoxy) is 1. The molecule has 1 aliphatic rings. The maximum absolute atomic E-state index is 12.1. The van der Waals surface area contributed by atoms with Gasteiger partial charge in [-0.3, -0.25) is 9.59 Å². The van der Waals surface area contributed by atoms with Crippen LogP contribution in [0.25, 0.3) is 0 Å². The Balaban J connectivity index is 1.87. The fraction of sp³-hybridized carbons (Fsp3) is 0.615. The molecule has 2 heterocycles. The fourth-order valence-corrected chi connectivity index (χ4v) is 3.00. The van der Waals surface area contributed by atoms with E-state index < -0.39 is 0 Å². The Hall–Kier alpha value is -1.43. The summed E-state index contributed by atoms with van der Waals surface area (Å²) in [5, 5.41) is 3.02. The number of thiazole rings is 1. The van der Waals surface area contributed by atoms with Gasteiger partial charge >= 0.3 is 5.97 Å². The average molecular weight is 283 g/mol. The molecule has 1 fully saturated rings. The number of likely N-dealkylation sites (tertiary alicyclic amines) is 1. The van der Waals surface area contributed by atoms with Crippen LogP contribution in [0.5, 0.6) is 0 Å². The summed E-state index contributed by atoms with van der Waals surface area (Å²) in [4.78, 5) is 24.7. The van der Waals surface area contributed by atoms with Crippen LogP contribution in [0.15, 0.2) is 11.6 Å². The van der Waals surface area contributed by atoms with Crippen LogP contribution in [0, 0.1) is 0 Å². The number of nitrogens with zero attached hydrogens (tertiary/aromatic N) is 2. The minimum Gasteiger partial charge on any atom is -0.465 e. The molecule has 5 nitrogen and oxygen atoms in total. The first-order valence-electron chi connectivity index (χ1n) is 6.54. The molecule has 0 radical (unpaired) electrons. The van der Waals surface area contributed by atoms with Crippen LogP contribution >= 0.6 is 11.3 Å². The SMILES string of the molecule is CC(=O)OCCc1scc[n+]1CC(=O)N1CCCC1. The molecule has 0 unspecified atom stereocenters. The van der Waals surface area contributed by atoms with Crippen molar-refractivity contribution in [1.82, 2.24) is 4.90 Å². The average Bonchev–Trinajstić information content (AvgIpc) is 3.00. The lowest BCUT2D eigenvalue weighted by Gasteiger charge is -2.12. The van der Waals surface area contributed by atoms with E-state index in [-0.39, 0.29) is 11.9 Å². The first kappa shape index (κ1) is 14.0. The van der Waals surface area contributed by atoms with Crippen molar-refractivity contribution in [3.05, 3.63) is 16.6 Å². The summed E-state index contributed by atoms with van der Waals surface area (Å²) in [6.07, 6.45) is 4.80. The van der Waals surface area contributed by atoms with Gasteiger partial charge in [-0.05, 0) is 12.8 Å². The summed E-state index contributed by atoms with van der Waals surface area (Å²) in [6, 6.07) is 0. The lowest BCUT2D eigenvalue weighted by molar-refractivity contribution is -0.687. The van der Waals surface area contributed by atoms with Gasteiger partial charge in [-0.1, -0.05) is 11.3 Å². The molecule has 0 saturated carbocycles. The highest BCUT2D eigenvalue weighted by Crippen LogP contribution is 2.08. The van der Waals surface area contributed by atoms with Crippen molar-refractivity contribution in [2.45, 2.75) is 32.7 Å². The first-order chi connectivity index (χ1) is 9.16. The zero-order valence-electron chi connectivity index (χ0n) is 11.1. The molecule has 0 aliphatic carbocycles. The highest BCUT2D eigenvalue weighted by molar-refractivity contribution is 7.09. The Labute approximate surface area is 116 Å². The summed E-state index contributed by atoms with van der Waals surface area (Å²) >= 11 is 1.59. The number of carbonyl (C=O) groups is 2. The maximum atomic E-state index is 12.1. The van der Waals surface area contributed by atoms with Crippen molar-refractivity contribution in [1.29, 1.82) is 0 Å². The molecule has 1 amide bonds. The molecule has 0 N–H and O–H groups in total. The number of esters is 1. The third-order valence-corrected chi connectivity index (χ3v) is 4.12. The lowest BCUT2D eigenvalue weighted by atomic mass is 10.4. The third kappa shape index (κ3) is 4.02. The van der Waals surface area contributed by atoms with E-state index in [1.807, 2.05) is 21.0 Å². The van der Waals surface area contributed by atoms with Gasteiger partial charge in [0.15, 0.2) is 6.20 Å². The molecule has 0 bridgehead atoms. The number of carbonyl (C=O) groups excluding carboxylic acids is 2. The van der Waals surface area contributed by atoms with Crippen molar-refractivity contribution in [3.8, 4) is 0 Å². The summed E-state index contributed by atoms with van der Waals surface area (Å²) < 4.78 is 6.89. The molecule has 0 aromatic carbocycles. The number of hydrogen-bond acceptors (Lipinski definition) is 4. The lowest BCUT2D eigenvalue weighted by Crippen LogP contribution is -2.45. The van der Waals surface area contributed by atoms with E-state index in [4.69, 9.17) is 4.74 Å². The number of rotatable bonds is 5. The molecule has 2 rings (SSSR count). The van der Waals surface area contributed by atoms with E-state index in [1.165, 1.54) is 6.92 Å². The smallest absolute Gasteiger partial charge is 0.302 e. The maximum Gasteiger partial charge on any atom is 0.302 e. The highest BCUT2D eigenvalue weighted by Gasteiger charge is 2.23. The summed E-state index contributed by atoms with van der Waals surface area (Å²) in [5.41, 5.74) is 0. The van der Waals surface area contributed by atoms with E-state index in [0.29, 0.717) is 19.6 Å². The van der Waals surface area contributed by atoms with Crippen LogP contribution in [0.1, 0.15) is 24.8 Å². The van der Waals surface area contributed by atoms with E-state index in [9.17, 15) is 9.59 Å². The van der Waals surface area contributed by atoms with E-state index >= 15 is 0 Å². The van der Waals surface area contributed by atoms with Crippen molar-refractivity contribution in [2.75, 3.05) is 19.7 Å². The van der Waals surface area contributed by atoms with Gasteiger partial charge in [-0.25, -0.2) is 0 Å². The predicted molar refractivity (Wildman–Crippen MR) is 70.7 cm³/mol. The van der Waals surface area contributed by atoms with Crippen LogP contribution in [0.3, 0.4) is 0 Å². The molecular formula is C13H19N2O3S+. The number of hydrogen-bond donors (Lipinski definition) is 0. The van der Waals surface area contributed by atoms with E-state index in [2.05, 4.69) is 0 Å². The van der Waals surface area contributed by atoms with Crippen LogP contribution < -0.4 is 4.57 Å². The van der Waals surface area contributed by atoms with Crippen LogP contribution in [-0.2, 0) is 27.3 Å². The second-order valence-electron chi connectivity index (χ2n) is 4.60. The normalized spacial score (nSPS) is 14.7. The quantitative estimate of drug-likeness (QED) is 0.592. The topological polar surface area (TPSA) is 50.5 Å². The van der Waals surface area contributed by atoms with Crippen molar-refractivity contribution < 1.29 is 18.9 Å². The van der Waals surface area contributed by atoms with Crippen molar-refractivity contribution >= 4 is 23.2 Å². The van der Waals surface area contributed by atoms with Gasteiger partial charge in [0.25, 0.3) is 5.91 Å². The van der Waals surface area contributed by atoms with Gasteiger partial charge in [0.1, 0.15) is 6.61 Å². The van der Waals surface area contributed by atoms with Gasteiger partial charge in [-0.15, -0.1) is 0 Å². The molecule has 104 valence electrons. The zero-order chi connectivity index (χ0) is 13.7. The molecular weight excluding hydrogens is 264 g/mol. The van der Waals surface area contributed by atoms with Crippen molar-refractivity contribution in [3.63, 3.8) is 0 Å². The Bertz CT molecular complexity index is 452. The van der Waals surface area contributed by atoms with Crippen LogP contribution in [0.4, 0.5) is 0 Å². The molecule has 1 aromatic rings. The zero-order valence-corrected chi connectivity index (χ0v) is 11.9. The standard InChI is InChI=1S/C13H19N2O3S/c1-11(16)18-8-4-13-15(7-9-19-13)10-12(17)14-5-2-3-6-14/h7,9H,2-6,8,10H2,1H3/q+1. The molecule has 0 spiro atoms. The van der Waals surface area contributed by atoms with Crippen LogP contribution in [0.2, 0.25) is 0 Å². The fourth-order valence-electron chi connectivity index (χ4n) is 2.17. The van der Waals surface area contributed by atoms with Gasteiger partial charge in [-0.2, -0.15) is 4.57 Å². The monoisotopic (exact) mass is 283 g/mol. The Morgan fingerprint density at radius 1 is 1.42 bits per heavy atom. The van der Waals surface area contributed by atoms with Gasteiger partial charge in [0, 0.05) is 20.0 Å². The van der Waals surface area contributed by atoms with Gasteiger partial charge in [0.05, 0.1) is 11.8 Å². The third-order valence-electron chi connectivity index (χ3n) is 3.15. The Morgan fingerprint density at radius 3 is 2.84 bits per heavy atom. The second kappa shape index (κ2) is 6.65. The van der Waals surface area contributed by atoms with E-state index in [1.54, 1.807) is 11.3 Å².